The molecule has 3 aromatic rings. The summed E-state index contributed by atoms with van der Waals surface area (Å²) in [5.41, 5.74) is 2.82. The molecule has 0 saturated carbocycles. The maximum Gasteiger partial charge on any atom is 0.224 e. The molecule has 1 amide bonds. The lowest BCUT2D eigenvalue weighted by Crippen LogP contribution is -2.44. The molecule has 5 heteroatoms. The fraction of sp³-hybridized carbons (Fsp3) is 0.310. The van der Waals surface area contributed by atoms with Crippen LogP contribution in [0.1, 0.15) is 49.3 Å². The first-order valence-electron chi connectivity index (χ1n) is 12.0. The molecule has 4 rings (SSSR count). The van der Waals surface area contributed by atoms with E-state index in [2.05, 4.69) is 16.3 Å². The predicted molar refractivity (Wildman–Crippen MR) is 136 cm³/mol. The van der Waals surface area contributed by atoms with E-state index in [1.807, 2.05) is 79.7 Å². The summed E-state index contributed by atoms with van der Waals surface area (Å²) in [6, 6.07) is 27.6. The summed E-state index contributed by atoms with van der Waals surface area (Å²) < 4.78 is 0. The minimum absolute atomic E-state index is 0.0407. The van der Waals surface area contributed by atoms with Crippen molar-refractivity contribution in [2.75, 3.05) is 23.3 Å². The average molecular weight is 454 g/mol. The largest absolute Gasteiger partial charge is 0.380 e. The zero-order valence-electron chi connectivity index (χ0n) is 19.6. The van der Waals surface area contributed by atoms with Gasteiger partial charge in [-0.15, -0.1) is 0 Å². The molecule has 0 spiro atoms. The topological polar surface area (TPSA) is 76.4 Å². The van der Waals surface area contributed by atoms with Gasteiger partial charge in [0.25, 0.3) is 0 Å². The third-order valence-electron chi connectivity index (χ3n) is 6.73. The number of nitrogens with zero attached hydrogens (tertiary/aromatic N) is 2. The Morgan fingerprint density at radius 3 is 2.15 bits per heavy atom. The van der Waals surface area contributed by atoms with Crippen molar-refractivity contribution in [3.8, 4) is 6.07 Å². The van der Waals surface area contributed by atoms with E-state index in [9.17, 15) is 15.2 Å². The number of piperidine rings is 1. The second kappa shape index (κ2) is 10.5. The van der Waals surface area contributed by atoms with Crippen LogP contribution < -0.4 is 10.2 Å². The molecule has 0 unspecified atom stereocenters. The second-order valence-electron chi connectivity index (χ2n) is 8.90. The van der Waals surface area contributed by atoms with Crippen molar-refractivity contribution in [3.63, 3.8) is 0 Å². The third kappa shape index (κ3) is 4.83. The Labute approximate surface area is 201 Å². The van der Waals surface area contributed by atoms with Crippen LogP contribution >= 0.6 is 0 Å². The Kier molecular flexibility index (Phi) is 7.30. The number of hydrogen-bond donors (Lipinski definition) is 2. The van der Waals surface area contributed by atoms with Gasteiger partial charge in [-0.1, -0.05) is 67.6 Å². The highest BCUT2D eigenvalue weighted by molar-refractivity contribution is 5.91. The quantitative estimate of drug-likeness (QED) is 0.499. The number of nitriles is 1. The Hall–Kier alpha value is -3.62. The van der Waals surface area contributed by atoms with Crippen LogP contribution in [0.4, 0.5) is 11.4 Å². The van der Waals surface area contributed by atoms with Gasteiger partial charge in [0.05, 0.1) is 11.3 Å². The zero-order chi connectivity index (χ0) is 24.0. The fourth-order valence-electron chi connectivity index (χ4n) is 4.99. The van der Waals surface area contributed by atoms with Crippen LogP contribution in [0.2, 0.25) is 0 Å². The van der Waals surface area contributed by atoms with Gasteiger partial charge in [0.1, 0.15) is 11.7 Å². The van der Waals surface area contributed by atoms with Gasteiger partial charge in [-0.05, 0) is 54.5 Å². The number of aliphatic hydroxyl groups is 1. The highest BCUT2D eigenvalue weighted by Crippen LogP contribution is 2.42. The summed E-state index contributed by atoms with van der Waals surface area (Å²) in [6.45, 7) is 3.44. The van der Waals surface area contributed by atoms with E-state index in [-0.39, 0.29) is 11.8 Å². The molecular formula is C29H31N3O2. The standard InChI is InChI=1S/C29H31N3O2/c1-2-9-28(33)31-26-14-15-27(22(20-26)21-30)32-18-16-25(17-19-32)29(34,23-10-5-3-6-11-23)24-12-7-4-8-13-24/h3-8,10-15,20,25,34H,2,9,16-19H2,1H3,(H,31,33). The van der Waals surface area contributed by atoms with Crippen LogP contribution in [0.25, 0.3) is 0 Å². The molecule has 3 aromatic carbocycles. The maximum absolute atomic E-state index is 12.1. The predicted octanol–water partition coefficient (Wildman–Crippen LogP) is 5.45. The van der Waals surface area contributed by atoms with Crippen LogP contribution in [0.3, 0.4) is 0 Å². The Morgan fingerprint density at radius 1 is 1.03 bits per heavy atom. The number of carbonyl (C=O) groups excluding carboxylic acids is 1. The van der Waals surface area contributed by atoms with Crippen molar-refractivity contribution in [1.29, 1.82) is 5.26 Å². The molecule has 1 fully saturated rings. The molecule has 0 aliphatic carbocycles. The van der Waals surface area contributed by atoms with Crippen LogP contribution in [-0.4, -0.2) is 24.1 Å². The van der Waals surface area contributed by atoms with Gasteiger partial charge < -0.3 is 15.3 Å². The molecule has 0 atom stereocenters. The highest BCUT2D eigenvalue weighted by atomic mass is 16.3. The number of hydrogen-bond acceptors (Lipinski definition) is 4. The van der Waals surface area contributed by atoms with E-state index < -0.39 is 5.60 Å². The maximum atomic E-state index is 12.1. The summed E-state index contributed by atoms with van der Waals surface area (Å²) in [5.74, 6) is 0.00718. The molecule has 2 N–H and O–H groups in total. The second-order valence-corrected chi connectivity index (χ2v) is 8.90. The first-order chi connectivity index (χ1) is 16.6. The first kappa shape index (κ1) is 23.5. The average Bonchev–Trinajstić information content (AvgIpc) is 2.89. The normalized spacial score (nSPS) is 14.4. The number of amides is 1. The number of carbonyl (C=O) groups is 1. The molecule has 0 bridgehead atoms. The van der Waals surface area contributed by atoms with E-state index in [1.165, 1.54) is 0 Å². The lowest BCUT2D eigenvalue weighted by molar-refractivity contribution is -0.116. The molecule has 1 heterocycles. The molecule has 0 radical (unpaired) electrons. The van der Waals surface area contributed by atoms with Gasteiger partial charge in [0.15, 0.2) is 0 Å². The van der Waals surface area contributed by atoms with Gasteiger partial charge in [-0.3, -0.25) is 4.79 Å². The fourth-order valence-corrected chi connectivity index (χ4v) is 4.99. The van der Waals surface area contributed by atoms with Gasteiger partial charge in [0, 0.05) is 25.2 Å². The highest BCUT2D eigenvalue weighted by Gasteiger charge is 2.41. The minimum Gasteiger partial charge on any atom is -0.380 e. The molecule has 1 saturated heterocycles. The number of nitrogens with one attached hydrogen (secondary N) is 1. The molecule has 5 nitrogen and oxygen atoms in total. The van der Waals surface area contributed by atoms with E-state index in [0.29, 0.717) is 17.7 Å². The van der Waals surface area contributed by atoms with Crippen LogP contribution in [0, 0.1) is 17.2 Å². The van der Waals surface area contributed by atoms with Crippen molar-refractivity contribution in [2.24, 2.45) is 5.92 Å². The summed E-state index contributed by atoms with van der Waals surface area (Å²) in [7, 11) is 0. The number of rotatable bonds is 7. The summed E-state index contributed by atoms with van der Waals surface area (Å²) >= 11 is 0. The molecule has 1 aliphatic rings. The van der Waals surface area contributed by atoms with E-state index in [4.69, 9.17) is 0 Å². The van der Waals surface area contributed by atoms with Crippen molar-refractivity contribution >= 4 is 17.3 Å². The minimum atomic E-state index is -1.07. The van der Waals surface area contributed by atoms with Crippen LogP contribution in [-0.2, 0) is 10.4 Å². The van der Waals surface area contributed by atoms with Crippen molar-refractivity contribution in [3.05, 3.63) is 95.6 Å². The Morgan fingerprint density at radius 2 is 1.62 bits per heavy atom. The molecule has 34 heavy (non-hydrogen) atoms. The van der Waals surface area contributed by atoms with Gasteiger partial charge in [-0.2, -0.15) is 5.26 Å². The Balaban J connectivity index is 1.54. The summed E-state index contributed by atoms with van der Waals surface area (Å²) in [4.78, 5) is 14.1. The van der Waals surface area contributed by atoms with Crippen molar-refractivity contribution in [1.82, 2.24) is 0 Å². The van der Waals surface area contributed by atoms with Gasteiger partial charge in [0.2, 0.25) is 5.91 Å². The number of benzene rings is 3. The first-order valence-corrected chi connectivity index (χ1v) is 12.0. The van der Waals surface area contributed by atoms with Gasteiger partial charge >= 0.3 is 0 Å². The third-order valence-corrected chi connectivity index (χ3v) is 6.73. The zero-order valence-corrected chi connectivity index (χ0v) is 19.6. The lowest BCUT2D eigenvalue weighted by atomic mass is 9.72. The summed E-state index contributed by atoms with van der Waals surface area (Å²) in [5, 5.41) is 24.7. The lowest BCUT2D eigenvalue weighted by Gasteiger charge is -2.43. The molecule has 174 valence electrons. The van der Waals surface area contributed by atoms with E-state index in [0.717, 1.165) is 49.2 Å². The molecular weight excluding hydrogens is 422 g/mol. The summed E-state index contributed by atoms with van der Waals surface area (Å²) in [6.07, 6.45) is 2.82. The molecule has 0 aromatic heterocycles. The van der Waals surface area contributed by atoms with Crippen LogP contribution in [0.15, 0.2) is 78.9 Å². The molecule has 1 aliphatic heterocycles. The van der Waals surface area contributed by atoms with Crippen molar-refractivity contribution < 1.29 is 9.90 Å². The monoisotopic (exact) mass is 453 g/mol. The smallest absolute Gasteiger partial charge is 0.224 e. The van der Waals surface area contributed by atoms with Crippen molar-refractivity contribution in [2.45, 2.75) is 38.2 Å². The van der Waals surface area contributed by atoms with E-state index >= 15 is 0 Å². The van der Waals surface area contributed by atoms with Crippen LogP contribution in [0.5, 0.6) is 0 Å². The van der Waals surface area contributed by atoms with E-state index in [1.54, 1.807) is 6.07 Å². The SMILES string of the molecule is CCCC(=O)Nc1ccc(N2CCC(C(O)(c3ccccc3)c3ccccc3)CC2)c(C#N)c1. The Bertz CT molecular complexity index is 1110. The number of anilines is 2. The van der Waals surface area contributed by atoms with Gasteiger partial charge in [-0.25, -0.2) is 0 Å².